The first-order valence-corrected chi connectivity index (χ1v) is 10.2. The van der Waals surface area contributed by atoms with E-state index in [0.717, 1.165) is 41.7 Å². The summed E-state index contributed by atoms with van der Waals surface area (Å²) in [4.78, 5) is 16.6. The van der Waals surface area contributed by atoms with Crippen LogP contribution in [0.5, 0.6) is 0 Å². The first-order chi connectivity index (χ1) is 14.1. The largest absolute Gasteiger partial charge is 0.466 e. The zero-order valence-electron chi connectivity index (χ0n) is 15.9. The second-order valence-corrected chi connectivity index (χ2v) is 7.86. The van der Waals surface area contributed by atoms with Gasteiger partial charge in [-0.25, -0.2) is 0 Å². The number of nitrogens with one attached hydrogen (secondary N) is 2. The van der Waals surface area contributed by atoms with Crippen LogP contribution in [0.25, 0.3) is 10.9 Å². The minimum atomic E-state index is -0.0463. The number of hydrogen-bond donors (Lipinski definition) is 2. The lowest BCUT2D eigenvalue weighted by atomic mass is 9.97. The van der Waals surface area contributed by atoms with Gasteiger partial charge in [0.15, 0.2) is 5.15 Å². The number of rotatable bonds is 7. The Morgan fingerprint density at radius 1 is 1.34 bits per heavy atom. The fourth-order valence-electron chi connectivity index (χ4n) is 3.86. The van der Waals surface area contributed by atoms with Crippen molar-refractivity contribution in [3.05, 3.63) is 51.3 Å². The maximum absolute atomic E-state index is 10.8. The van der Waals surface area contributed by atoms with Gasteiger partial charge in [0.05, 0.1) is 6.04 Å². The first-order valence-electron chi connectivity index (χ1n) is 9.40. The van der Waals surface area contributed by atoms with E-state index in [1.165, 1.54) is 5.56 Å². The fourth-order valence-corrected chi connectivity index (χ4v) is 4.12. The van der Waals surface area contributed by atoms with Crippen molar-refractivity contribution in [2.45, 2.75) is 19.4 Å². The van der Waals surface area contributed by atoms with Crippen molar-refractivity contribution in [2.75, 3.05) is 31.6 Å². The monoisotopic (exact) mass is 433 g/mol. The third-order valence-corrected chi connectivity index (χ3v) is 5.88. The van der Waals surface area contributed by atoms with Gasteiger partial charge in [-0.15, -0.1) is 10.2 Å². The molecule has 0 radical (unpaired) electrons. The number of ether oxygens (including phenoxy) is 1. The molecular weight excluding hydrogens is 413 g/mol. The standard InChI is InChI=1S/C20H21Cl2N5O2/c1-12-8-18(25-26-20(12)22)23-5-7-27-6-4-14-15-9-13(21)2-3-16(15)24-19(14)17(27)10-29-11-28/h2-3,8-9,11,17,24H,4-7,10H2,1H3,(H,23,25). The van der Waals surface area contributed by atoms with E-state index in [4.69, 9.17) is 27.9 Å². The van der Waals surface area contributed by atoms with Crippen LogP contribution >= 0.6 is 23.2 Å². The molecule has 2 N–H and O–H groups in total. The number of aryl methyl sites for hydroxylation is 1. The topological polar surface area (TPSA) is 83.1 Å². The van der Waals surface area contributed by atoms with E-state index in [2.05, 4.69) is 25.4 Å². The Labute approximate surface area is 178 Å². The molecule has 1 aromatic carbocycles. The van der Waals surface area contributed by atoms with Crippen molar-refractivity contribution in [3.8, 4) is 0 Å². The molecule has 0 amide bonds. The molecule has 3 heterocycles. The van der Waals surface area contributed by atoms with Gasteiger partial charge in [0, 0.05) is 41.3 Å². The van der Waals surface area contributed by atoms with Crippen molar-refractivity contribution in [2.24, 2.45) is 0 Å². The highest BCUT2D eigenvalue weighted by Gasteiger charge is 2.30. The molecule has 29 heavy (non-hydrogen) atoms. The second kappa shape index (κ2) is 8.57. The van der Waals surface area contributed by atoms with E-state index in [-0.39, 0.29) is 12.6 Å². The number of aromatic amines is 1. The Kier molecular flexibility index (Phi) is 5.89. The number of H-pyrrole nitrogens is 1. The van der Waals surface area contributed by atoms with Gasteiger partial charge >= 0.3 is 0 Å². The Balaban J connectivity index is 1.51. The number of anilines is 1. The number of halogens is 2. The Morgan fingerprint density at radius 2 is 2.21 bits per heavy atom. The summed E-state index contributed by atoms with van der Waals surface area (Å²) < 4.78 is 5.15. The lowest BCUT2D eigenvalue weighted by molar-refractivity contribution is -0.130. The van der Waals surface area contributed by atoms with Gasteiger partial charge in [-0.1, -0.05) is 23.2 Å². The van der Waals surface area contributed by atoms with Crippen LogP contribution in [0.1, 0.15) is 22.9 Å². The highest BCUT2D eigenvalue weighted by molar-refractivity contribution is 6.31. The normalized spacial score (nSPS) is 16.6. The number of hydrogen-bond acceptors (Lipinski definition) is 6. The minimum absolute atomic E-state index is 0.0463. The summed E-state index contributed by atoms with van der Waals surface area (Å²) in [5.41, 5.74) is 4.24. The van der Waals surface area contributed by atoms with Crippen LogP contribution in [-0.2, 0) is 16.0 Å². The van der Waals surface area contributed by atoms with E-state index in [9.17, 15) is 4.79 Å². The van der Waals surface area contributed by atoms with Gasteiger partial charge in [0.1, 0.15) is 12.4 Å². The maximum atomic E-state index is 10.8. The lowest BCUT2D eigenvalue weighted by Crippen LogP contribution is -2.40. The Morgan fingerprint density at radius 3 is 3.00 bits per heavy atom. The molecule has 1 aliphatic heterocycles. The highest BCUT2D eigenvalue weighted by atomic mass is 35.5. The number of benzene rings is 1. The fraction of sp³-hybridized carbons (Fsp3) is 0.350. The summed E-state index contributed by atoms with van der Waals surface area (Å²) in [7, 11) is 0. The molecule has 152 valence electrons. The summed E-state index contributed by atoms with van der Waals surface area (Å²) >= 11 is 12.1. The molecule has 0 saturated heterocycles. The maximum Gasteiger partial charge on any atom is 0.293 e. The van der Waals surface area contributed by atoms with Crippen molar-refractivity contribution in [3.63, 3.8) is 0 Å². The molecule has 0 fully saturated rings. The zero-order chi connectivity index (χ0) is 20.4. The number of aromatic nitrogens is 3. The van der Waals surface area contributed by atoms with E-state index in [0.29, 0.717) is 29.0 Å². The molecule has 0 saturated carbocycles. The quantitative estimate of drug-likeness (QED) is 0.551. The van der Waals surface area contributed by atoms with Crippen LogP contribution < -0.4 is 5.32 Å². The van der Waals surface area contributed by atoms with Crippen LogP contribution in [0.3, 0.4) is 0 Å². The van der Waals surface area contributed by atoms with Crippen molar-refractivity contribution in [1.82, 2.24) is 20.1 Å². The van der Waals surface area contributed by atoms with E-state index in [1.54, 1.807) is 0 Å². The molecular formula is C20H21Cl2N5O2. The average Bonchev–Trinajstić information content (AvgIpc) is 3.07. The Hall–Kier alpha value is -2.35. The summed E-state index contributed by atoms with van der Waals surface area (Å²) in [5.74, 6) is 0.686. The van der Waals surface area contributed by atoms with Crippen molar-refractivity contribution >= 4 is 46.4 Å². The van der Waals surface area contributed by atoms with Gasteiger partial charge in [-0.05, 0) is 48.7 Å². The van der Waals surface area contributed by atoms with E-state index < -0.39 is 0 Å². The smallest absolute Gasteiger partial charge is 0.293 e. The SMILES string of the molecule is Cc1cc(NCCN2CCc3c([nH]c4ccc(Cl)cc34)C2COC=O)nnc1Cl. The molecule has 4 rings (SSSR count). The molecule has 0 bridgehead atoms. The summed E-state index contributed by atoms with van der Waals surface area (Å²) in [6.45, 7) is 4.96. The van der Waals surface area contributed by atoms with Gasteiger partial charge in [-0.3, -0.25) is 9.69 Å². The van der Waals surface area contributed by atoms with E-state index >= 15 is 0 Å². The van der Waals surface area contributed by atoms with Crippen molar-refractivity contribution < 1.29 is 9.53 Å². The highest BCUT2D eigenvalue weighted by Crippen LogP contribution is 2.35. The molecule has 1 aliphatic rings. The van der Waals surface area contributed by atoms with Crippen LogP contribution in [-0.4, -0.2) is 52.8 Å². The average molecular weight is 434 g/mol. The summed E-state index contributed by atoms with van der Waals surface area (Å²) in [6.07, 6.45) is 0.896. The predicted molar refractivity (Wildman–Crippen MR) is 114 cm³/mol. The predicted octanol–water partition coefficient (Wildman–Crippen LogP) is 3.76. The van der Waals surface area contributed by atoms with Crippen LogP contribution in [0, 0.1) is 6.92 Å². The third kappa shape index (κ3) is 4.17. The molecule has 0 aliphatic carbocycles. The number of carbonyl (C=O) groups is 1. The summed E-state index contributed by atoms with van der Waals surface area (Å²) in [6, 6.07) is 7.68. The lowest BCUT2D eigenvalue weighted by Gasteiger charge is -2.35. The summed E-state index contributed by atoms with van der Waals surface area (Å²) in [5, 5.41) is 13.5. The zero-order valence-corrected chi connectivity index (χ0v) is 17.4. The molecule has 2 aromatic heterocycles. The minimum Gasteiger partial charge on any atom is -0.466 e. The first kappa shape index (κ1) is 19.9. The van der Waals surface area contributed by atoms with Crippen LogP contribution in [0.4, 0.5) is 5.82 Å². The molecule has 0 spiro atoms. The molecule has 9 heteroatoms. The second-order valence-electron chi connectivity index (χ2n) is 7.07. The van der Waals surface area contributed by atoms with Crippen molar-refractivity contribution in [1.29, 1.82) is 0 Å². The number of carbonyl (C=O) groups excluding carboxylic acids is 1. The van der Waals surface area contributed by atoms with Gasteiger partial charge in [0.25, 0.3) is 6.47 Å². The molecule has 3 aromatic rings. The molecule has 1 atom stereocenters. The van der Waals surface area contributed by atoms with Gasteiger partial charge in [-0.2, -0.15) is 0 Å². The van der Waals surface area contributed by atoms with E-state index in [1.807, 2.05) is 31.2 Å². The number of nitrogens with zero attached hydrogens (tertiary/aromatic N) is 3. The van der Waals surface area contributed by atoms with Gasteiger partial charge in [0.2, 0.25) is 0 Å². The molecule has 1 unspecified atom stereocenters. The Bertz CT molecular complexity index is 1040. The van der Waals surface area contributed by atoms with Crippen LogP contribution in [0.2, 0.25) is 10.2 Å². The third-order valence-electron chi connectivity index (χ3n) is 5.28. The van der Waals surface area contributed by atoms with Gasteiger partial charge < -0.3 is 15.0 Å². The van der Waals surface area contributed by atoms with Crippen LogP contribution in [0.15, 0.2) is 24.3 Å². The molecule has 7 nitrogen and oxygen atoms in total. The number of fused-ring (bicyclic) bond motifs is 3.